The zero-order chi connectivity index (χ0) is 46.1. The molecule has 0 N–H and O–H groups in total. The average Bonchev–Trinajstić information content (AvgIpc) is 3.27. The van der Waals surface area contributed by atoms with Crippen LogP contribution in [0, 0.1) is 11.8 Å². The summed E-state index contributed by atoms with van der Waals surface area (Å²) in [4.78, 5) is 38.0. The second kappa shape index (κ2) is 49.8. The predicted molar refractivity (Wildman–Crippen MR) is 270 cm³/mol. The Kier molecular flexibility index (Phi) is 48.6. The van der Waals surface area contributed by atoms with Crippen molar-refractivity contribution in [1.29, 1.82) is 0 Å². The van der Waals surface area contributed by atoms with Crippen molar-refractivity contribution in [1.82, 2.24) is 0 Å². The molecule has 63 heavy (non-hydrogen) atoms. The van der Waals surface area contributed by atoms with Crippen LogP contribution in [-0.2, 0) is 28.6 Å². The van der Waals surface area contributed by atoms with Crippen LogP contribution in [0.2, 0.25) is 0 Å². The molecule has 6 nitrogen and oxygen atoms in total. The van der Waals surface area contributed by atoms with Gasteiger partial charge in [0.2, 0.25) is 0 Å². The van der Waals surface area contributed by atoms with Gasteiger partial charge >= 0.3 is 17.9 Å². The molecular formula is C57H110O6. The van der Waals surface area contributed by atoms with Crippen LogP contribution in [0.1, 0.15) is 317 Å². The van der Waals surface area contributed by atoms with Crippen molar-refractivity contribution < 1.29 is 28.6 Å². The molecule has 6 heteroatoms. The van der Waals surface area contributed by atoms with Crippen LogP contribution in [0.25, 0.3) is 0 Å². The molecule has 0 rings (SSSR count). The van der Waals surface area contributed by atoms with Gasteiger partial charge in [0, 0.05) is 19.3 Å². The van der Waals surface area contributed by atoms with E-state index in [0.717, 1.165) is 69.6 Å². The maximum Gasteiger partial charge on any atom is 0.306 e. The van der Waals surface area contributed by atoms with Gasteiger partial charge in [-0.2, -0.15) is 0 Å². The lowest BCUT2D eigenvalue weighted by atomic mass is 9.99. The van der Waals surface area contributed by atoms with Gasteiger partial charge in [-0.1, -0.05) is 279 Å². The van der Waals surface area contributed by atoms with Gasteiger partial charge in [-0.25, -0.2) is 0 Å². The van der Waals surface area contributed by atoms with E-state index in [1.54, 1.807) is 0 Å². The molecule has 0 saturated carbocycles. The lowest BCUT2D eigenvalue weighted by molar-refractivity contribution is -0.167. The van der Waals surface area contributed by atoms with E-state index in [9.17, 15) is 14.4 Å². The van der Waals surface area contributed by atoms with Crippen LogP contribution < -0.4 is 0 Å². The average molecular weight is 892 g/mol. The van der Waals surface area contributed by atoms with Gasteiger partial charge in [0.1, 0.15) is 13.2 Å². The maximum atomic E-state index is 12.8. The molecule has 0 heterocycles. The number of unbranched alkanes of at least 4 members (excludes halogenated alkanes) is 35. The quantitative estimate of drug-likeness (QED) is 0.0344. The van der Waals surface area contributed by atoms with E-state index in [-0.39, 0.29) is 31.1 Å². The Labute approximate surface area is 393 Å². The van der Waals surface area contributed by atoms with Crippen molar-refractivity contribution in [3.63, 3.8) is 0 Å². The molecule has 1 unspecified atom stereocenters. The first kappa shape index (κ1) is 61.4. The molecule has 374 valence electrons. The number of hydrogen-bond acceptors (Lipinski definition) is 6. The number of esters is 3. The van der Waals surface area contributed by atoms with E-state index >= 15 is 0 Å². The Hall–Kier alpha value is -1.59. The second-order valence-electron chi connectivity index (χ2n) is 20.3. The van der Waals surface area contributed by atoms with Gasteiger partial charge < -0.3 is 14.2 Å². The molecule has 0 aliphatic carbocycles. The minimum absolute atomic E-state index is 0.0633. The van der Waals surface area contributed by atoms with E-state index in [2.05, 4.69) is 34.6 Å². The van der Waals surface area contributed by atoms with Gasteiger partial charge in [-0.15, -0.1) is 0 Å². The predicted octanol–water partition coefficient (Wildman–Crippen LogP) is 18.5. The Morgan fingerprint density at radius 1 is 0.333 bits per heavy atom. The van der Waals surface area contributed by atoms with E-state index in [1.165, 1.54) is 205 Å². The van der Waals surface area contributed by atoms with Crippen molar-refractivity contribution in [2.24, 2.45) is 11.8 Å². The summed E-state index contributed by atoms with van der Waals surface area (Å²) >= 11 is 0. The van der Waals surface area contributed by atoms with E-state index < -0.39 is 6.10 Å². The SMILES string of the molecule is CCCCCCCCCCCCCC(=O)OC[C@@H](COC(=O)CCCCCCCCCCCC(C)C)OC(=O)CCCCCCCCCCCCCCCCCCCCC(C)CC. The molecule has 0 aromatic carbocycles. The van der Waals surface area contributed by atoms with Gasteiger partial charge in [0.25, 0.3) is 0 Å². The van der Waals surface area contributed by atoms with Gasteiger partial charge in [-0.3, -0.25) is 14.4 Å². The first-order valence-electron chi connectivity index (χ1n) is 28.3. The van der Waals surface area contributed by atoms with Crippen LogP contribution in [0.4, 0.5) is 0 Å². The zero-order valence-corrected chi connectivity index (χ0v) is 43.2. The highest BCUT2D eigenvalue weighted by Crippen LogP contribution is 2.18. The number of rotatable bonds is 51. The van der Waals surface area contributed by atoms with Crippen LogP contribution in [-0.4, -0.2) is 37.2 Å². The molecular weight excluding hydrogens is 781 g/mol. The maximum absolute atomic E-state index is 12.8. The largest absolute Gasteiger partial charge is 0.462 e. The fourth-order valence-electron chi connectivity index (χ4n) is 8.66. The molecule has 0 radical (unpaired) electrons. The summed E-state index contributed by atoms with van der Waals surface area (Å²) in [5.74, 6) is 0.873. The van der Waals surface area contributed by atoms with Crippen molar-refractivity contribution in [2.45, 2.75) is 323 Å². The summed E-state index contributed by atoms with van der Waals surface area (Å²) in [6.45, 7) is 11.4. The molecule has 0 fully saturated rings. The monoisotopic (exact) mass is 891 g/mol. The summed E-state index contributed by atoms with van der Waals surface area (Å²) in [6, 6.07) is 0. The summed E-state index contributed by atoms with van der Waals surface area (Å²) in [5, 5.41) is 0. The molecule has 0 aromatic rings. The van der Waals surface area contributed by atoms with Crippen molar-refractivity contribution in [2.75, 3.05) is 13.2 Å². The summed E-state index contributed by atoms with van der Waals surface area (Å²) in [7, 11) is 0. The van der Waals surface area contributed by atoms with E-state index in [0.29, 0.717) is 19.3 Å². The Morgan fingerprint density at radius 2 is 0.603 bits per heavy atom. The van der Waals surface area contributed by atoms with Gasteiger partial charge in [0.15, 0.2) is 6.10 Å². The highest BCUT2D eigenvalue weighted by molar-refractivity contribution is 5.71. The number of ether oxygens (including phenoxy) is 3. The molecule has 0 aromatic heterocycles. The molecule has 0 amide bonds. The zero-order valence-electron chi connectivity index (χ0n) is 43.2. The summed E-state index contributed by atoms with van der Waals surface area (Å²) in [6.07, 6.45) is 52.4. The van der Waals surface area contributed by atoms with Crippen LogP contribution in [0.5, 0.6) is 0 Å². The lowest BCUT2D eigenvalue weighted by Gasteiger charge is -2.18. The number of carbonyl (C=O) groups excluding carboxylic acids is 3. The highest BCUT2D eigenvalue weighted by atomic mass is 16.6. The lowest BCUT2D eigenvalue weighted by Crippen LogP contribution is -2.30. The normalized spacial score (nSPS) is 12.5. The standard InChI is InChI=1S/C57H110O6/c1-6-8-9-10-11-12-21-27-32-37-42-47-55(58)61-50-54(51-62-56(59)48-43-38-33-29-24-25-30-35-40-45-52(3)4)63-57(60)49-44-39-34-28-23-20-18-16-14-13-15-17-19-22-26-31-36-41-46-53(5)7-2/h52-54H,6-51H2,1-5H3/t53?,54-/m0/s1. The van der Waals surface area contributed by atoms with Crippen molar-refractivity contribution in [3.05, 3.63) is 0 Å². The molecule has 2 atom stereocenters. The third kappa shape index (κ3) is 49.7. The molecule has 0 bridgehead atoms. The smallest absolute Gasteiger partial charge is 0.306 e. The fourth-order valence-corrected chi connectivity index (χ4v) is 8.66. The van der Waals surface area contributed by atoms with Crippen LogP contribution in [0.3, 0.4) is 0 Å². The summed E-state index contributed by atoms with van der Waals surface area (Å²) < 4.78 is 16.8. The van der Waals surface area contributed by atoms with Crippen LogP contribution >= 0.6 is 0 Å². The van der Waals surface area contributed by atoms with Gasteiger partial charge in [-0.05, 0) is 31.1 Å². The Morgan fingerprint density at radius 3 is 0.905 bits per heavy atom. The number of carbonyl (C=O) groups is 3. The highest BCUT2D eigenvalue weighted by Gasteiger charge is 2.19. The Balaban J connectivity index is 4.21. The first-order valence-corrected chi connectivity index (χ1v) is 28.3. The first-order chi connectivity index (χ1) is 30.8. The minimum atomic E-state index is -0.762. The van der Waals surface area contributed by atoms with E-state index in [1.807, 2.05) is 0 Å². The fraction of sp³-hybridized carbons (Fsp3) is 0.947. The Bertz CT molecular complexity index is 964. The molecule has 0 aliphatic rings. The molecule has 0 aliphatic heterocycles. The van der Waals surface area contributed by atoms with Crippen molar-refractivity contribution in [3.8, 4) is 0 Å². The molecule has 0 spiro atoms. The number of hydrogen-bond donors (Lipinski definition) is 0. The van der Waals surface area contributed by atoms with Crippen LogP contribution in [0.15, 0.2) is 0 Å². The topological polar surface area (TPSA) is 78.9 Å². The third-order valence-corrected chi connectivity index (χ3v) is 13.3. The summed E-state index contributed by atoms with van der Waals surface area (Å²) in [5.41, 5.74) is 0. The molecule has 0 saturated heterocycles. The third-order valence-electron chi connectivity index (χ3n) is 13.3. The minimum Gasteiger partial charge on any atom is -0.462 e. The van der Waals surface area contributed by atoms with E-state index in [4.69, 9.17) is 14.2 Å². The second-order valence-corrected chi connectivity index (χ2v) is 20.3. The van der Waals surface area contributed by atoms with Crippen molar-refractivity contribution >= 4 is 17.9 Å². The van der Waals surface area contributed by atoms with Gasteiger partial charge in [0.05, 0.1) is 0 Å².